The summed E-state index contributed by atoms with van der Waals surface area (Å²) in [6, 6.07) is 15.6. The first-order chi connectivity index (χ1) is 13.0. The van der Waals surface area contributed by atoms with Crippen molar-refractivity contribution in [2.24, 2.45) is 0 Å². The molecule has 2 N–H and O–H groups in total. The fourth-order valence-corrected chi connectivity index (χ4v) is 3.10. The average Bonchev–Trinajstić information content (AvgIpc) is 3.35. The number of aromatic nitrogens is 2. The summed E-state index contributed by atoms with van der Waals surface area (Å²) in [7, 11) is 0. The normalized spacial score (nSPS) is 12.8. The molecule has 0 saturated carbocycles. The lowest BCUT2D eigenvalue weighted by atomic mass is 9.84. The Balaban J connectivity index is 1.49. The van der Waals surface area contributed by atoms with E-state index in [0.717, 1.165) is 22.6 Å². The summed E-state index contributed by atoms with van der Waals surface area (Å²) in [5, 5.41) is 9.99. The number of nitrogens with one attached hydrogen (secondary N) is 2. The number of aromatic amines is 1. The van der Waals surface area contributed by atoms with Crippen LogP contribution in [0.25, 0.3) is 11.3 Å². The van der Waals surface area contributed by atoms with Crippen molar-refractivity contribution in [3.05, 3.63) is 65.9 Å². The molecule has 1 amide bonds. The summed E-state index contributed by atoms with van der Waals surface area (Å²) in [5.74, 6) is 1.34. The fraction of sp³-hybridized carbons (Fsp3) is 0.238. The van der Waals surface area contributed by atoms with Gasteiger partial charge in [0.15, 0.2) is 11.5 Å². The standard InChI is InChI=1S/C21H21N3O3/c1-21(2,15-8-9-17-18(10-15)27-13-26-17)12-22-20(25)16-11-23-24-19(16)14-6-4-3-5-7-14/h3-11H,12-13H2,1-2H3,(H,22,25)(H,23,24). The van der Waals surface area contributed by atoms with Crippen LogP contribution in [0.4, 0.5) is 0 Å². The van der Waals surface area contributed by atoms with Crippen molar-refractivity contribution < 1.29 is 14.3 Å². The molecule has 1 aromatic heterocycles. The van der Waals surface area contributed by atoms with E-state index in [1.54, 1.807) is 6.20 Å². The molecule has 0 unspecified atom stereocenters. The Morgan fingerprint density at radius 3 is 2.74 bits per heavy atom. The van der Waals surface area contributed by atoms with Crippen LogP contribution in [0.1, 0.15) is 29.8 Å². The van der Waals surface area contributed by atoms with E-state index in [2.05, 4.69) is 29.4 Å². The molecule has 3 aromatic rings. The van der Waals surface area contributed by atoms with E-state index in [0.29, 0.717) is 17.8 Å². The Morgan fingerprint density at radius 1 is 1.15 bits per heavy atom. The Labute approximate surface area is 157 Å². The molecular formula is C21H21N3O3. The highest BCUT2D eigenvalue weighted by Gasteiger charge is 2.25. The molecule has 1 aliphatic heterocycles. The van der Waals surface area contributed by atoms with Crippen molar-refractivity contribution in [2.75, 3.05) is 13.3 Å². The van der Waals surface area contributed by atoms with Crippen LogP contribution in [0.15, 0.2) is 54.7 Å². The van der Waals surface area contributed by atoms with Crippen molar-refractivity contribution in [1.29, 1.82) is 0 Å². The smallest absolute Gasteiger partial charge is 0.255 e. The maximum atomic E-state index is 12.7. The fourth-order valence-electron chi connectivity index (χ4n) is 3.10. The predicted octanol–water partition coefficient (Wildman–Crippen LogP) is 3.51. The van der Waals surface area contributed by atoms with E-state index in [-0.39, 0.29) is 18.1 Å². The summed E-state index contributed by atoms with van der Waals surface area (Å²) in [6.07, 6.45) is 1.56. The third-order valence-corrected chi connectivity index (χ3v) is 4.79. The van der Waals surface area contributed by atoms with Gasteiger partial charge in [0.25, 0.3) is 5.91 Å². The number of fused-ring (bicyclic) bond motifs is 1. The Bertz CT molecular complexity index is 964. The third kappa shape index (κ3) is 3.38. The van der Waals surface area contributed by atoms with Gasteiger partial charge in [0.05, 0.1) is 17.5 Å². The maximum absolute atomic E-state index is 12.7. The molecular weight excluding hydrogens is 342 g/mol. The number of nitrogens with zero attached hydrogens (tertiary/aromatic N) is 1. The minimum atomic E-state index is -0.271. The van der Waals surface area contributed by atoms with E-state index in [4.69, 9.17) is 9.47 Å². The number of carbonyl (C=O) groups excluding carboxylic acids is 1. The molecule has 2 aromatic carbocycles. The van der Waals surface area contributed by atoms with Crippen molar-refractivity contribution in [1.82, 2.24) is 15.5 Å². The highest BCUT2D eigenvalue weighted by molar-refractivity contribution is 5.99. The molecule has 0 bridgehead atoms. The van der Waals surface area contributed by atoms with Crippen LogP contribution in [0.5, 0.6) is 11.5 Å². The number of H-pyrrole nitrogens is 1. The summed E-state index contributed by atoms with van der Waals surface area (Å²) in [6.45, 7) is 4.89. The Kier molecular flexibility index (Phi) is 4.32. The van der Waals surface area contributed by atoms with Gasteiger partial charge in [0.2, 0.25) is 6.79 Å². The first kappa shape index (κ1) is 17.1. The number of benzene rings is 2. The van der Waals surface area contributed by atoms with E-state index in [1.165, 1.54) is 0 Å². The van der Waals surface area contributed by atoms with Crippen LogP contribution >= 0.6 is 0 Å². The Morgan fingerprint density at radius 2 is 1.93 bits per heavy atom. The van der Waals surface area contributed by atoms with E-state index < -0.39 is 0 Å². The second kappa shape index (κ2) is 6.79. The zero-order valence-electron chi connectivity index (χ0n) is 15.3. The Hall–Kier alpha value is -3.28. The lowest BCUT2D eigenvalue weighted by Crippen LogP contribution is -2.36. The van der Waals surface area contributed by atoms with Gasteiger partial charge in [-0.15, -0.1) is 0 Å². The number of carbonyl (C=O) groups is 1. The summed E-state index contributed by atoms with van der Waals surface area (Å²) < 4.78 is 10.8. The second-order valence-corrected chi connectivity index (χ2v) is 7.16. The molecule has 0 spiro atoms. The van der Waals surface area contributed by atoms with Crippen molar-refractivity contribution >= 4 is 5.91 Å². The number of hydrogen-bond acceptors (Lipinski definition) is 4. The van der Waals surface area contributed by atoms with Crippen LogP contribution in [0.3, 0.4) is 0 Å². The van der Waals surface area contributed by atoms with Gasteiger partial charge < -0.3 is 14.8 Å². The van der Waals surface area contributed by atoms with E-state index in [9.17, 15) is 4.79 Å². The minimum absolute atomic E-state index is 0.156. The second-order valence-electron chi connectivity index (χ2n) is 7.16. The lowest BCUT2D eigenvalue weighted by molar-refractivity contribution is 0.0946. The molecule has 0 atom stereocenters. The van der Waals surface area contributed by atoms with Gasteiger partial charge in [0, 0.05) is 17.5 Å². The molecule has 6 nitrogen and oxygen atoms in total. The molecule has 27 heavy (non-hydrogen) atoms. The van der Waals surface area contributed by atoms with Crippen molar-refractivity contribution in [2.45, 2.75) is 19.3 Å². The van der Waals surface area contributed by atoms with E-state index >= 15 is 0 Å². The summed E-state index contributed by atoms with van der Waals surface area (Å²) in [5.41, 5.74) is 2.97. The lowest BCUT2D eigenvalue weighted by Gasteiger charge is -2.26. The minimum Gasteiger partial charge on any atom is -0.454 e. The highest BCUT2D eigenvalue weighted by atomic mass is 16.7. The van der Waals surface area contributed by atoms with Gasteiger partial charge in [0.1, 0.15) is 0 Å². The van der Waals surface area contributed by atoms with Gasteiger partial charge in [-0.2, -0.15) is 5.10 Å². The number of hydrogen-bond donors (Lipinski definition) is 2. The molecule has 138 valence electrons. The summed E-state index contributed by atoms with van der Waals surface area (Å²) >= 11 is 0. The van der Waals surface area contributed by atoms with Gasteiger partial charge in [-0.3, -0.25) is 9.89 Å². The van der Waals surface area contributed by atoms with Crippen LogP contribution in [-0.4, -0.2) is 29.4 Å². The number of ether oxygens (including phenoxy) is 2. The molecule has 0 saturated heterocycles. The van der Waals surface area contributed by atoms with Gasteiger partial charge in [-0.1, -0.05) is 50.2 Å². The van der Waals surface area contributed by atoms with Gasteiger partial charge in [-0.05, 0) is 17.7 Å². The first-order valence-electron chi connectivity index (χ1n) is 8.82. The largest absolute Gasteiger partial charge is 0.454 e. The zero-order chi connectivity index (χ0) is 18.9. The molecule has 2 heterocycles. The topological polar surface area (TPSA) is 76.2 Å². The highest BCUT2D eigenvalue weighted by Crippen LogP contribution is 2.36. The van der Waals surface area contributed by atoms with Crippen molar-refractivity contribution in [3.63, 3.8) is 0 Å². The molecule has 0 aliphatic carbocycles. The molecule has 0 fully saturated rings. The number of rotatable bonds is 5. The van der Waals surface area contributed by atoms with E-state index in [1.807, 2.05) is 48.5 Å². The zero-order valence-corrected chi connectivity index (χ0v) is 15.3. The van der Waals surface area contributed by atoms with Crippen molar-refractivity contribution in [3.8, 4) is 22.8 Å². The van der Waals surface area contributed by atoms with Crippen LogP contribution in [0.2, 0.25) is 0 Å². The average molecular weight is 363 g/mol. The SMILES string of the molecule is CC(C)(CNC(=O)c1cn[nH]c1-c1ccccc1)c1ccc2c(c1)OCO2. The molecule has 0 radical (unpaired) electrons. The maximum Gasteiger partial charge on any atom is 0.255 e. The predicted molar refractivity (Wildman–Crippen MR) is 102 cm³/mol. The molecule has 4 rings (SSSR count). The van der Waals surface area contributed by atoms with Gasteiger partial charge in [-0.25, -0.2) is 0 Å². The monoisotopic (exact) mass is 363 g/mol. The number of amides is 1. The molecule has 6 heteroatoms. The van der Waals surface area contributed by atoms with Crippen LogP contribution in [-0.2, 0) is 5.41 Å². The molecule has 1 aliphatic rings. The van der Waals surface area contributed by atoms with Gasteiger partial charge >= 0.3 is 0 Å². The first-order valence-corrected chi connectivity index (χ1v) is 8.82. The quantitative estimate of drug-likeness (QED) is 0.727. The third-order valence-electron chi connectivity index (χ3n) is 4.79. The van der Waals surface area contributed by atoms with Crippen LogP contribution in [0, 0.1) is 0 Å². The van der Waals surface area contributed by atoms with Crippen LogP contribution < -0.4 is 14.8 Å². The summed E-state index contributed by atoms with van der Waals surface area (Å²) in [4.78, 5) is 12.7.